The predicted octanol–water partition coefficient (Wildman–Crippen LogP) is 1.52. The highest BCUT2D eigenvalue weighted by Crippen LogP contribution is 2.10. The topological polar surface area (TPSA) is 81.4 Å². The van der Waals surface area contributed by atoms with Gasteiger partial charge in [0.2, 0.25) is 5.91 Å². The van der Waals surface area contributed by atoms with Crippen LogP contribution in [0.5, 0.6) is 0 Å². The molecule has 1 aromatic rings. The third-order valence-electron chi connectivity index (χ3n) is 3.33. The maximum absolute atomic E-state index is 12.0. The molecule has 0 heterocycles. The number of nitrogens with two attached hydrogens (primary N) is 1. The fourth-order valence-corrected chi connectivity index (χ4v) is 1.84. The van der Waals surface area contributed by atoms with E-state index in [2.05, 4.69) is 5.32 Å². The lowest BCUT2D eigenvalue weighted by molar-refractivity contribution is -0.146. The van der Waals surface area contributed by atoms with Gasteiger partial charge in [0.1, 0.15) is 6.04 Å². The summed E-state index contributed by atoms with van der Waals surface area (Å²) in [5.41, 5.74) is 7.10. The van der Waals surface area contributed by atoms with E-state index in [1.165, 1.54) is 7.11 Å². The van der Waals surface area contributed by atoms with Gasteiger partial charge in [-0.3, -0.25) is 4.79 Å². The van der Waals surface area contributed by atoms with Crippen LogP contribution in [-0.2, 0) is 20.7 Å². The predicted molar refractivity (Wildman–Crippen MR) is 78.0 cm³/mol. The molecular weight excluding hydrogens is 256 g/mol. The minimum absolute atomic E-state index is 0.0258. The monoisotopic (exact) mass is 278 g/mol. The molecule has 110 valence electrons. The summed E-state index contributed by atoms with van der Waals surface area (Å²) in [7, 11) is 1.32. The quantitative estimate of drug-likeness (QED) is 0.610. The molecule has 3 N–H and O–H groups in total. The SMILES string of the molecule is CC[C@H](C)[C@H](NC(=O)Cc1ccc(N)cc1)C(=O)OC. The highest BCUT2D eigenvalue weighted by molar-refractivity contribution is 5.85. The van der Waals surface area contributed by atoms with Crippen molar-refractivity contribution in [3.05, 3.63) is 29.8 Å². The molecular formula is C15H22N2O3. The normalized spacial score (nSPS) is 13.3. The van der Waals surface area contributed by atoms with Crippen LogP contribution in [0.2, 0.25) is 0 Å². The second-order valence-electron chi connectivity index (χ2n) is 4.87. The zero-order valence-electron chi connectivity index (χ0n) is 12.2. The molecule has 0 aromatic heterocycles. The number of nitrogen functional groups attached to an aromatic ring is 1. The Hall–Kier alpha value is -2.04. The molecule has 1 aromatic carbocycles. The second-order valence-corrected chi connectivity index (χ2v) is 4.87. The number of hydrogen-bond donors (Lipinski definition) is 2. The number of nitrogens with one attached hydrogen (secondary N) is 1. The number of anilines is 1. The molecule has 0 unspecified atom stereocenters. The molecule has 1 rings (SSSR count). The summed E-state index contributed by atoms with van der Waals surface area (Å²) >= 11 is 0. The Morgan fingerprint density at radius 2 is 1.90 bits per heavy atom. The first-order chi connectivity index (χ1) is 9.47. The zero-order valence-corrected chi connectivity index (χ0v) is 12.2. The van der Waals surface area contributed by atoms with Crippen LogP contribution in [0.4, 0.5) is 5.69 Å². The van der Waals surface area contributed by atoms with E-state index in [1.807, 2.05) is 13.8 Å². The van der Waals surface area contributed by atoms with Gasteiger partial charge in [0.15, 0.2) is 0 Å². The van der Waals surface area contributed by atoms with Gasteiger partial charge in [-0.05, 0) is 23.6 Å². The van der Waals surface area contributed by atoms with E-state index in [-0.39, 0.29) is 18.2 Å². The Bertz CT molecular complexity index is 457. The van der Waals surface area contributed by atoms with Crippen molar-refractivity contribution in [3.63, 3.8) is 0 Å². The molecule has 5 heteroatoms. The van der Waals surface area contributed by atoms with E-state index in [0.717, 1.165) is 12.0 Å². The van der Waals surface area contributed by atoms with E-state index in [1.54, 1.807) is 24.3 Å². The summed E-state index contributed by atoms with van der Waals surface area (Å²) in [5, 5.41) is 2.74. The Labute approximate surface area is 119 Å². The molecule has 2 atom stereocenters. The van der Waals surface area contributed by atoms with Crippen LogP contribution in [0, 0.1) is 5.92 Å². The average molecular weight is 278 g/mol. The van der Waals surface area contributed by atoms with Crippen LogP contribution in [-0.4, -0.2) is 25.0 Å². The lowest BCUT2D eigenvalue weighted by atomic mass is 9.99. The van der Waals surface area contributed by atoms with E-state index in [9.17, 15) is 9.59 Å². The maximum Gasteiger partial charge on any atom is 0.328 e. The number of hydrogen-bond acceptors (Lipinski definition) is 4. The first kappa shape index (κ1) is 16.0. The third-order valence-corrected chi connectivity index (χ3v) is 3.33. The minimum atomic E-state index is -0.605. The number of carbonyl (C=O) groups is 2. The molecule has 0 bridgehead atoms. The molecule has 20 heavy (non-hydrogen) atoms. The molecule has 0 aliphatic heterocycles. The molecule has 0 aliphatic rings. The fourth-order valence-electron chi connectivity index (χ4n) is 1.84. The van der Waals surface area contributed by atoms with Crippen LogP contribution in [0.15, 0.2) is 24.3 Å². The summed E-state index contributed by atoms with van der Waals surface area (Å²) in [6.45, 7) is 3.87. The summed E-state index contributed by atoms with van der Waals surface area (Å²) in [6, 6.07) is 6.48. The van der Waals surface area contributed by atoms with E-state index in [0.29, 0.717) is 5.69 Å². The largest absolute Gasteiger partial charge is 0.467 e. The van der Waals surface area contributed by atoms with Gasteiger partial charge < -0.3 is 15.8 Å². The highest BCUT2D eigenvalue weighted by Gasteiger charge is 2.26. The first-order valence-corrected chi connectivity index (χ1v) is 6.69. The van der Waals surface area contributed by atoms with Gasteiger partial charge in [0.25, 0.3) is 0 Å². The number of benzene rings is 1. The van der Waals surface area contributed by atoms with Crippen molar-refractivity contribution in [3.8, 4) is 0 Å². The number of esters is 1. The summed E-state index contributed by atoms with van der Waals surface area (Å²) in [4.78, 5) is 23.7. The highest BCUT2D eigenvalue weighted by atomic mass is 16.5. The van der Waals surface area contributed by atoms with E-state index in [4.69, 9.17) is 10.5 Å². The fraction of sp³-hybridized carbons (Fsp3) is 0.467. The van der Waals surface area contributed by atoms with Crippen LogP contribution < -0.4 is 11.1 Å². The number of rotatable bonds is 6. The zero-order chi connectivity index (χ0) is 15.1. The van der Waals surface area contributed by atoms with Crippen LogP contribution in [0.1, 0.15) is 25.8 Å². The van der Waals surface area contributed by atoms with Gasteiger partial charge in [-0.2, -0.15) is 0 Å². The summed E-state index contributed by atoms with van der Waals surface area (Å²) < 4.78 is 4.73. The van der Waals surface area contributed by atoms with Crippen molar-refractivity contribution >= 4 is 17.6 Å². The van der Waals surface area contributed by atoms with Crippen molar-refractivity contribution in [2.45, 2.75) is 32.7 Å². The van der Waals surface area contributed by atoms with Crippen molar-refractivity contribution < 1.29 is 14.3 Å². The van der Waals surface area contributed by atoms with Crippen molar-refractivity contribution in [2.75, 3.05) is 12.8 Å². The number of ether oxygens (including phenoxy) is 1. The Balaban J connectivity index is 2.66. The third kappa shape index (κ3) is 4.57. The van der Waals surface area contributed by atoms with Crippen LogP contribution in [0.3, 0.4) is 0 Å². The molecule has 0 radical (unpaired) electrons. The summed E-state index contributed by atoms with van der Waals surface area (Å²) in [5.74, 6) is -0.590. The summed E-state index contributed by atoms with van der Waals surface area (Å²) in [6.07, 6.45) is 0.992. The minimum Gasteiger partial charge on any atom is -0.467 e. The maximum atomic E-state index is 12.0. The molecule has 0 spiro atoms. The Kier molecular flexibility index (Phi) is 6.03. The molecule has 0 saturated carbocycles. The smallest absolute Gasteiger partial charge is 0.328 e. The van der Waals surface area contributed by atoms with E-state index < -0.39 is 12.0 Å². The van der Waals surface area contributed by atoms with Crippen molar-refractivity contribution in [2.24, 2.45) is 5.92 Å². The Morgan fingerprint density at radius 1 is 1.30 bits per heavy atom. The van der Waals surface area contributed by atoms with Gasteiger partial charge in [0.05, 0.1) is 13.5 Å². The van der Waals surface area contributed by atoms with Gasteiger partial charge in [0, 0.05) is 5.69 Å². The van der Waals surface area contributed by atoms with Crippen molar-refractivity contribution in [1.82, 2.24) is 5.32 Å². The Morgan fingerprint density at radius 3 is 2.40 bits per heavy atom. The van der Waals surface area contributed by atoms with Gasteiger partial charge in [-0.15, -0.1) is 0 Å². The standard InChI is InChI=1S/C15H22N2O3/c1-4-10(2)14(15(19)20-3)17-13(18)9-11-5-7-12(16)8-6-11/h5-8,10,14H,4,9,16H2,1-3H3,(H,17,18)/t10-,14-/m0/s1. The van der Waals surface area contributed by atoms with E-state index >= 15 is 0 Å². The molecule has 0 fully saturated rings. The first-order valence-electron chi connectivity index (χ1n) is 6.69. The lowest BCUT2D eigenvalue weighted by Crippen LogP contribution is -2.46. The number of carbonyl (C=O) groups excluding carboxylic acids is 2. The molecule has 0 aliphatic carbocycles. The van der Waals surface area contributed by atoms with Gasteiger partial charge in [-0.1, -0.05) is 32.4 Å². The second kappa shape index (κ2) is 7.53. The molecule has 1 amide bonds. The van der Waals surface area contributed by atoms with Crippen LogP contribution >= 0.6 is 0 Å². The molecule has 5 nitrogen and oxygen atoms in total. The van der Waals surface area contributed by atoms with Crippen molar-refractivity contribution in [1.29, 1.82) is 0 Å². The van der Waals surface area contributed by atoms with Gasteiger partial charge >= 0.3 is 5.97 Å². The van der Waals surface area contributed by atoms with Gasteiger partial charge in [-0.25, -0.2) is 4.79 Å². The lowest BCUT2D eigenvalue weighted by Gasteiger charge is -2.21. The molecule has 0 saturated heterocycles. The van der Waals surface area contributed by atoms with Crippen LogP contribution in [0.25, 0.3) is 0 Å². The average Bonchev–Trinajstić information content (AvgIpc) is 2.45. The number of amides is 1. The number of methoxy groups -OCH3 is 1.